The summed E-state index contributed by atoms with van der Waals surface area (Å²) in [5.41, 5.74) is 2.37. The molecule has 2 aromatic rings. The Balaban J connectivity index is 2.07. The predicted octanol–water partition coefficient (Wildman–Crippen LogP) is 4.92. The number of nitrogens with one attached hydrogen (secondary N) is 1. The normalized spacial score (nSPS) is 10.5. The van der Waals surface area contributed by atoms with Gasteiger partial charge in [-0.3, -0.25) is 0 Å². The maximum absolute atomic E-state index is 11.7. The number of carbonyl (C=O) groups excluding carboxylic acids is 1. The molecule has 0 aliphatic carbocycles. The number of anilines is 1. The van der Waals surface area contributed by atoms with Gasteiger partial charge in [0.25, 0.3) is 0 Å². The fourth-order valence-electron chi connectivity index (χ4n) is 2.37. The Morgan fingerprint density at radius 1 is 1.19 bits per heavy atom. The van der Waals surface area contributed by atoms with E-state index in [2.05, 4.69) is 5.32 Å². The molecular formula is C20H24ClNO4. The first-order valence-electron chi connectivity index (χ1n) is 8.48. The summed E-state index contributed by atoms with van der Waals surface area (Å²) in [6.07, 6.45) is 0.00304. The van der Waals surface area contributed by atoms with Gasteiger partial charge in [0.05, 0.1) is 30.4 Å². The molecule has 0 heterocycles. The van der Waals surface area contributed by atoms with Crippen LogP contribution in [-0.4, -0.2) is 25.8 Å². The third kappa shape index (κ3) is 5.30. The molecule has 26 heavy (non-hydrogen) atoms. The summed E-state index contributed by atoms with van der Waals surface area (Å²) in [5.74, 6) is 0.823. The number of methoxy groups -OCH3 is 1. The third-order valence-electron chi connectivity index (χ3n) is 3.54. The van der Waals surface area contributed by atoms with Gasteiger partial charge in [-0.15, -0.1) is 0 Å². The number of hydrogen-bond acceptors (Lipinski definition) is 5. The van der Waals surface area contributed by atoms with Gasteiger partial charge in [0, 0.05) is 12.2 Å². The minimum absolute atomic E-state index is 0.00304. The van der Waals surface area contributed by atoms with Crippen LogP contribution in [0.4, 0.5) is 5.69 Å². The van der Waals surface area contributed by atoms with Crippen molar-refractivity contribution in [2.45, 2.75) is 33.4 Å². The second-order valence-corrected chi connectivity index (χ2v) is 6.33. The van der Waals surface area contributed by atoms with Gasteiger partial charge in [-0.2, -0.15) is 0 Å². The van der Waals surface area contributed by atoms with E-state index in [4.69, 9.17) is 25.8 Å². The SMILES string of the molecule is CCOC(=O)c1ccc(NCc2cc(Cl)c(OC(C)C)c(OC)c2)cc1. The lowest BCUT2D eigenvalue weighted by molar-refractivity contribution is 0.0526. The maximum atomic E-state index is 11.7. The van der Waals surface area contributed by atoms with Gasteiger partial charge in [0.1, 0.15) is 0 Å². The molecule has 0 radical (unpaired) electrons. The smallest absolute Gasteiger partial charge is 0.338 e. The molecule has 0 amide bonds. The van der Waals surface area contributed by atoms with Crippen LogP contribution in [0.5, 0.6) is 11.5 Å². The Bertz CT molecular complexity index is 744. The highest BCUT2D eigenvalue weighted by atomic mass is 35.5. The summed E-state index contributed by atoms with van der Waals surface area (Å²) < 4.78 is 16.1. The molecule has 0 bridgehead atoms. The topological polar surface area (TPSA) is 56.8 Å². The van der Waals surface area contributed by atoms with Crippen LogP contribution in [0.1, 0.15) is 36.7 Å². The highest BCUT2D eigenvalue weighted by Crippen LogP contribution is 2.37. The van der Waals surface area contributed by atoms with Gasteiger partial charge >= 0.3 is 5.97 Å². The lowest BCUT2D eigenvalue weighted by Crippen LogP contribution is -2.08. The molecule has 1 N–H and O–H groups in total. The van der Waals surface area contributed by atoms with E-state index in [1.54, 1.807) is 26.2 Å². The largest absolute Gasteiger partial charge is 0.493 e. The lowest BCUT2D eigenvalue weighted by atomic mass is 10.1. The molecule has 0 aliphatic rings. The quantitative estimate of drug-likeness (QED) is 0.661. The van der Waals surface area contributed by atoms with Crippen LogP contribution in [0, 0.1) is 0 Å². The lowest BCUT2D eigenvalue weighted by Gasteiger charge is -2.17. The standard InChI is InChI=1S/C20H24ClNO4/c1-5-25-20(23)15-6-8-16(9-7-15)22-12-14-10-17(21)19(26-13(2)3)18(11-14)24-4/h6-11,13,22H,5,12H2,1-4H3. The Morgan fingerprint density at radius 2 is 1.88 bits per heavy atom. The van der Waals surface area contributed by atoms with E-state index in [0.29, 0.717) is 35.2 Å². The number of benzene rings is 2. The number of ether oxygens (including phenoxy) is 3. The van der Waals surface area contributed by atoms with Crippen LogP contribution in [0.15, 0.2) is 36.4 Å². The number of rotatable bonds is 8. The molecule has 0 fully saturated rings. The van der Waals surface area contributed by atoms with Gasteiger partial charge in [-0.1, -0.05) is 11.6 Å². The average molecular weight is 378 g/mol. The van der Waals surface area contributed by atoms with Crippen molar-refractivity contribution in [3.05, 3.63) is 52.5 Å². The van der Waals surface area contributed by atoms with Gasteiger partial charge in [-0.25, -0.2) is 4.79 Å². The van der Waals surface area contributed by atoms with E-state index in [1.165, 1.54) is 0 Å². The first-order chi connectivity index (χ1) is 12.4. The minimum atomic E-state index is -0.323. The summed E-state index contributed by atoms with van der Waals surface area (Å²) in [5, 5.41) is 3.80. The van der Waals surface area contributed by atoms with Gasteiger partial charge in [0.15, 0.2) is 11.5 Å². The molecular weight excluding hydrogens is 354 g/mol. The van der Waals surface area contributed by atoms with Crippen molar-refractivity contribution in [1.82, 2.24) is 0 Å². The molecule has 2 rings (SSSR count). The minimum Gasteiger partial charge on any atom is -0.493 e. The predicted molar refractivity (Wildman–Crippen MR) is 103 cm³/mol. The molecule has 0 atom stereocenters. The second kappa shape index (κ2) is 9.34. The molecule has 140 valence electrons. The van der Waals surface area contributed by atoms with E-state index in [9.17, 15) is 4.79 Å². The van der Waals surface area contributed by atoms with Crippen molar-refractivity contribution < 1.29 is 19.0 Å². The van der Waals surface area contributed by atoms with E-state index in [0.717, 1.165) is 11.3 Å². The van der Waals surface area contributed by atoms with Crippen molar-refractivity contribution in [2.75, 3.05) is 19.0 Å². The summed E-state index contributed by atoms with van der Waals surface area (Å²) in [4.78, 5) is 11.7. The van der Waals surface area contributed by atoms with Gasteiger partial charge < -0.3 is 19.5 Å². The Morgan fingerprint density at radius 3 is 2.46 bits per heavy atom. The van der Waals surface area contributed by atoms with E-state index in [-0.39, 0.29) is 12.1 Å². The fraction of sp³-hybridized carbons (Fsp3) is 0.350. The average Bonchev–Trinajstić information content (AvgIpc) is 2.62. The van der Waals surface area contributed by atoms with Crippen molar-refractivity contribution in [3.8, 4) is 11.5 Å². The van der Waals surface area contributed by atoms with Gasteiger partial charge in [0.2, 0.25) is 0 Å². The molecule has 6 heteroatoms. The third-order valence-corrected chi connectivity index (χ3v) is 3.82. The number of carbonyl (C=O) groups is 1. The Hall–Kier alpha value is -2.40. The highest BCUT2D eigenvalue weighted by molar-refractivity contribution is 6.32. The number of halogens is 1. The molecule has 0 aliphatic heterocycles. The van der Waals surface area contributed by atoms with Crippen LogP contribution in [0.2, 0.25) is 5.02 Å². The zero-order valence-corrected chi connectivity index (χ0v) is 16.2. The number of esters is 1. The molecule has 0 saturated carbocycles. The monoisotopic (exact) mass is 377 g/mol. The Labute approximate surface area is 159 Å². The van der Waals surface area contributed by atoms with E-state index >= 15 is 0 Å². The van der Waals surface area contributed by atoms with Crippen molar-refractivity contribution >= 4 is 23.3 Å². The van der Waals surface area contributed by atoms with Crippen LogP contribution in [-0.2, 0) is 11.3 Å². The zero-order valence-electron chi connectivity index (χ0n) is 15.5. The Kier molecular flexibility index (Phi) is 7.16. The van der Waals surface area contributed by atoms with Gasteiger partial charge in [-0.05, 0) is 62.7 Å². The van der Waals surface area contributed by atoms with Crippen molar-refractivity contribution in [3.63, 3.8) is 0 Å². The highest BCUT2D eigenvalue weighted by Gasteiger charge is 2.13. The first-order valence-corrected chi connectivity index (χ1v) is 8.86. The zero-order chi connectivity index (χ0) is 19.1. The summed E-state index contributed by atoms with van der Waals surface area (Å²) in [6.45, 7) is 6.57. The number of hydrogen-bond donors (Lipinski definition) is 1. The van der Waals surface area contributed by atoms with E-state index in [1.807, 2.05) is 38.1 Å². The van der Waals surface area contributed by atoms with E-state index < -0.39 is 0 Å². The summed E-state index contributed by atoms with van der Waals surface area (Å²) >= 11 is 6.34. The van der Waals surface area contributed by atoms with Crippen molar-refractivity contribution in [1.29, 1.82) is 0 Å². The second-order valence-electron chi connectivity index (χ2n) is 5.93. The van der Waals surface area contributed by atoms with Crippen molar-refractivity contribution in [2.24, 2.45) is 0 Å². The molecule has 0 saturated heterocycles. The molecule has 0 spiro atoms. The molecule has 2 aromatic carbocycles. The van der Waals surface area contributed by atoms with Crippen LogP contribution < -0.4 is 14.8 Å². The molecule has 0 unspecified atom stereocenters. The van der Waals surface area contributed by atoms with Crippen LogP contribution in [0.3, 0.4) is 0 Å². The van der Waals surface area contributed by atoms with Crippen LogP contribution in [0.25, 0.3) is 0 Å². The molecule has 0 aromatic heterocycles. The summed E-state index contributed by atoms with van der Waals surface area (Å²) in [7, 11) is 1.59. The summed E-state index contributed by atoms with van der Waals surface area (Å²) in [6, 6.07) is 10.9. The molecule has 5 nitrogen and oxygen atoms in total. The first kappa shape index (κ1) is 19.9. The van der Waals surface area contributed by atoms with Crippen LogP contribution >= 0.6 is 11.6 Å². The maximum Gasteiger partial charge on any atom is 0.338 e. The fourth-order valence-corrected chi connectivity index (χ4v) is 2.65.